The van der Waals surface area contributed by atoms with Gasteiger partial charge in [-0.3, -0.25) is 9.59 Å². The van der Waals surface area contributed by atoms with Crippen LogP contribution in [0, 0.1) is 5.92 Å². The number of rotatable bonds is 6. The first-order valence-electron chi connectivity index (χ1n) is 7.51. The Hall–Kier alpha value is -1.14. The fourth-order valence-corrected chi connectivity index (χ4v) is 2.03. The van der Waals surface area contributed by atoms with E-state index in [4.69, 9.17) is 5.73 Å². The van der Waals surface area contributed by atoms with Crippen LogP contribution in [0.1, 0.15) is 32.6 Å². The Morgan fingerprint density at radius 3 is 2.60 bits per heavy atom. The van der Waals surface area contributed by atoms with Gasteiger partial charge in [0, 0.05) is 26.2 Å². The van der Waals surface area contributed by atoms with Crippen molar-refractivity contribution in [1.29, 1.82) is 0 Å². The summed E-state index contributed by atoms with van der Waals surface area (Å²) in [5, 5.41) is 3.22. The molecule has 1 amide bonds. The van der Waals surface area contributed by atoms with Crippen LogP contribution in [-0.2, 0) is 14.3 Å². The molecule has 6 nitrogen and oxygen atoms in total. The molecule has 1 aliphatic carbocycles. The van der Waals surface area contributed by atoms with Gasteiger partial charge in [0.15, 0.2) is 0 Å². The van der Waals surface area contributed by atoms with Gasteiger partial charge in [-0.05, 0) is 25.2 Å². The summed E-state index contributed by atoms with van der Waals surface area (Å²) in [6, 6.07) is -0.224. The van der Waals surface area contributed by atoms with Crippen LogP contribution < -0.4 is 11.1 Å². The lowest BCUT2D eigenvalue weighted by atomic mass is 10.1. The standard InChI is InChI=1S/C9H17N3O.C5H10O2/c10-8(7-1-2-7)9(13)12-5-3-11-4-6-12;1-2-3-4-7-5-6/h7-8,11H,1-6,10H2;5H,2-4H2,1H3/t8-;/m0./s1. The van der Waals surface area contributed by atoms with E-state index in [9.17, 15) is 9.59 Å². The predicted molar refractivity (Wildman–Crippen MR) is 77.1 cm³/mol. The lowest BCUT2D eigenvalue weighted by molar-refractivity contribution is -0.133. The number of carbonyl (C=O) groups is 2. The minimum atomic E-state index is -0.224. The molecule has 1 saturated carbocycles. The molecule has 20 heavy (non-hydrogen) atoms. The number of nitrogens with zero attached hydrogens (tertiary/aromatic N) is 1. The van der Waals surface area contributed by atoms with Gasteiger partial charge >= 0.3 is 0 Å². The van der Waals surface area contributed by atoms with Gasteiger partial charge in [-0.2, -0.15) is 0 Å². The average Bonchev–Trinajstić information content (AvgIpc) is 3.33. The summed E-state index contributed by atoms with van der Waals surface area (Å²) in [4.78, 5) is 23.1. The highest BCUT2D eigenvalue weighted by Crippen LogP contribution is 2.32. The van der Waals surface area contributed by atoms with Crippen LogP contribution in [-0.4, -0.2) is 56.1 Å². The van der Waals surface area contributed by atoms with Gasteiger partial charge in [0.05, 0.1) is 12.6 Å². The van der Waals surface area contributed by atoms with Crippen molar-refractivity contribution in [3.05, 3.63) is 0 Å². The van der Waals surface area contributed by atoms with Gasteiger partial charge in [-0.15, -0.1) is 0 Å². The summed E-state index contributed by atoms with van der Waals surface area (Å²) < 4.78 is 4.39. The van der Waals surface area contributed by atoms with Crippen molar-refractivity contribution in [2.24, 2.45) is 11.7 Å². The van der Waals surface area contributed by atoms with Crippen molar-refractivity contribution in [2.45, 2.75) is 38.6 Å². The third-order valence-electron chi connectivity index (χ3n) is 3.53. The monoisotopic (exact) mass is 285 g/mol. The molecule has 0 bridgehead atoms. The molecule has 3 N–H and O–H groups in total. The minimum Gasteiger partial charge on any atom is -0.468 e. The number of nitrogens with one attached hydrogen (secondary N) is 1. The van der Waals surface area contributed by atoms with Crippen LogP contribution in [0.3, 0.4) is 0 Å². The number of amides is 1. The predicted octanol–water partition coefficient (Wildman–Crippen LogP) is 0.115. The molecule has 2 fully saturated rings. The van der Waals surface area contributed by atoms with Gasteiger partial charge in [-0.1, -0.05) is 13.3 Å². The van der Waals surface area contributed by atoms with Crippen molar-refractivity contribution in [3.8, 4) is 0 Å². The second-order valence-electron chi connectivity index (χ2n) is 5.26. The molecule has 0 spiro atoms. The Balaban J connectivity index is 0.000000246. The van der Waals surface area contributed by atoms with Gasteiger partial charge in [0.2, 0.25) is 5.91 Å². The molecule has 6 heteroatoms. The Morgan fingerprint density at radius 2 is 2.10 bits per heavy atom. The summed E-state index contributed by atoms with van der Waals surface area (Å²) in [6.07, 6.45) is 4.32. The van der Waals surface area contributed by atoms with Crippen molar-refractivity contribution in [3.63, 3.8) is 0 Å². The zero-order valence-electron chi connectivity index (χ0n) is 12.3. The normalized spacial score (nSPS) is 19.6. The SMILES string of the molecule is CCCCOC=O.N[C@H](C(=O)N1CCNCC1)C1CC1. The van der Waals surface area contributed by atoms with E-state index in [0.29, 0.717) is 19.0 Å². The zero-order valence-corrected chi connectivity index (χ0v) is 12.3. The summed E-state index contributed by atoms with van der Waals surface area (Å²) in [5.74, 6) is 0.631. The van der Waals surface area contributed by atoms with E-state index in [2.05, 4.69) is 10.1 Å². The van der Waals surface area contributed by atoms with Gasteiger partial charge in [0.1, 0.15) is 0 Å². The van der Waals surface area contributed by atoms with Crippen molar-refractivity contribution < 1.29 is 14.3 Å². The average molecular weight is 285 g/mol. The van der Waals surface area contributed by atoms with Crippen LogP contribution in [0.2, 0.25) is 0 Å². The van der Waals surface area contributed by atoms with Crippen LogP contribution in [0.4, 0.5) is 0 Å². The Labute approximate surface area is 121 Å². The first-order chi connectivity index (χ1) is 9.70. The van der Waals surface area contributed by atoms with E-state index in [1.807, 2.05) is 11.8 Å². The maximum atomic E-state index is 11.8. The number of hydrogen-bond acceptors (Lipinski definition) is 5. The maximum absolute atomic E-state index is 11.8. The van der Waals surface area contributed by atoms with Crippen molar-refractivity contribution in [1.82, 2.24) is 10.2 Å². The lowest BCUT2D eigenvalue weighted by Crippen LogP contribution is -2.52. The van der Waals surface area contributed by atoms with E-state index in [1.54, 1.807) is 0 Å². The first kappa shape index (κ1) is 16.9. The topological polar surface area (TPSA) is 84.7 Å². The van der Waals surface area contributed by atoms with E-state index >= 15 is 0 Å². The van der Waals surface area contributed by atoms with Crippen molar-refractivity contribution in [2.75, 3.05) is 32.8 Å². The van der Waals surface area contributed by atoms with Crippen LogP contribution in [0.15, 0.2) is 0 Å². The number of nitrogens with two attached hydrogens (primary N) is 1. The first-order valence-corrected chi connectivity index (χ1v) is 7.51. The molecule has 0 aromatic heterocycles. The molecule has 0 aromatic rings. The van der Waals surface area contributed by atoms with E-state index in [1.165, 1.54) is 0 Å². The Morgan fingerprint density at radius 1 is 1.45 bits per heavy atom. The third kappa shape index (κ3) is 6.34. The third-order valence-corrected chi connectivity index (χ3v) is 3.53. The number of piperazine rings is 1. The lowest BCUT2D eigenvalue weighted by Gasteiger charge is -2.29. The molecular weight excluding hydrogens is 258 g/mol. The molecule has 0 radical (unpaired) electrons. The molecule has 1 saturated heterocycles. The highest BCUT2D eigenvalue weighted by molar-refractivity contribution is 5.82. The minimum absolute atomic E-state index is 0.156. The van der Waals surface area contributed by atoms with Gasteiger partial charge in [0.25, 0.3) is 6.47 Å². The molecule has 1 aliphatic heterocycles. The van der Waals surface area contributed by atoms with E-state index in [0.717, 1.165) is 51.9 Å². The maximum Gasteiger partial charge on any atom is 0.293 e. The largest absolute Gasteiger partial charge is 0.468 e. The van der Waals surface area contributed by atoms with E-state index in [-0.39, 0.29) is 11.9 Å². The summed E-state index contributed by atoms with van der Waals surface area (Å²) in [6.45, 7) is 6.55. The fourth-order valence-electron chi connectivity index (χ4n) is 2.03. The van der Waals surface area contributed by atoms with Gasteiger partial charge in [-0.25, -0.2) is 0 Å². The number of hydrogen-bond donors (Lipinski definition) is 2. The molecular formula is C14H27N3O3. The highest BCUT2D eigenvalue weighted by Gasteiger charge is 2.35. The zero-order chi connectivity index (χ0) is 14.8. The fraction of sp³-hybridized carbons (Fsp3) is 0.857. The second-order valence-corrected chi connectivity index (χ2v) is 5.26. The molecule has 2 aliphatic rings. The number of ether oxygens (including phenoxy) is 1. The molecule has 1 heterocycles. The number of carbonyl (C=O) groups excluding carboxylic acids is 2. The summed E-state index contributed by atoms with van der Waals surface area (Å²) in [5.41, 5.74) is 5.84. The van der Waals surface area contributed by atoms with Crippen LogP contribution >= 0.6 is 0 Å². The van der Waals surface area contributed by atoms with Gasteiger partial charge < -0.3 is 20.7 Å². The van der Waals surface area contributed by atoms with E-state index < -0.39 is 0 Å². The number of unbranched alkanes of at least 4 members (excludes halogenated alkanes) is 1. The van der Waals surface area contributed by atoms with Crippen LogP contribution in [0.25, 0.3) is 0 Å². The Kier molecular flexibility index (Phi) is 8.22. The summed E-state index contributed by atoms with van der Waals surface area (Å²) in [7, 11) is 0. The quantitative estimate of drug-likeness (QED) is 0.535. The molecule has 116 valence electrons. The van der Waals surface area contributed by atoms with Crippen LogP contribution in [0.5, 0.6) is 0 Å². The molecule has 0 aromatic carbocycles. The van der Waals surface area contributed by atoms with Crippen molar-refractivity contribution >= 4 is 12.4 Å². The highest BCUT2D eigenvalue weighted by atomic mass is 16.5. The Bertz CT molecular complexity index is 289. The molecule has 1 atom stereocenters. The summed E-state index contributed by atoms with van der Waals surface area (Å²) >= 11 is 0. The smallest absolute Gasteiger partial charge is 0.293 e. The molecule has 0 unspecified atom stereocenters. The second kappa shape index (κ2) is 9.72. The molecule has 2 rings (SSSR count).